The minimum absolute atomic E-state index is 0.00912. The molecule has 1 fully saturated rings. The van der Waals surface area contributed by atoms with Crippen molar-refractivity contribution in [2.45, 2.75) is 19.8 Å². The van der Waals surface area contributed by atoms with Crippen LogP contribution in [0.5, 0.6) is 0 Å². The van der Waals surface area contributed by atoms with E-state index in [1.54, 1.807) is 6.20 Å². The Labute approximate surface area is 149 Å². The molecule has 23 heavy (non-hydrogen) atoms. The third kappa shape index (κ3) is 3.97. The highest BCUT2D eigenvalue weighted by Gasteiger charge is 2.25. The molecule has 1 saturated heterocycles. The van der Waals surface area contributed by atoms with Gasteiger partial charge in [-0.15, -0.1) is 0 Å². The quantitative estimate of drug-likeness (QED) is 0.858. The summed E-state index contributed by atoms with van der Waals surface area (Å²) in [5.74, 6) is 0.0347. The maximum absolute atomic E-state index is 12.3. The first-order valence-corrected chi connectivity index (χ1v) is 9.03. The van der Waals surface area contributed by atoms with Crippen LogP contribution in [0.2, 0.25) is 9.36 Å². The Morgan fingerprint density at radius 3 is 2.70 bits per heavy atom. The number of amides is 1. The number of hydrogen-bond donors (Lipinski definition) is 1. The van der Waals surface area contributed by atoms with Gasteiger partial charge in [-0.2, -0.15) is 0 Å². The Morgan fingerprint density at radius 1 is 1.35 bits per heavy atom. The number of thiazole rings is 1. The third-order valence-corrected chi connectivity index (χ3v) is 5.53. The second-order valence-electron chi connectivity index (χ2n) is 5.65. The van der Waals surface area contributed by atoms with Crippen molar-refractivity contribution in [1.82, 2.24) is 4.98 Å². The van der Waals surface area contributed by atoms with Gasteiger partial charge in [0, 0.05) is 29.7 Å². The summed E-state index contributed by atoms with van der Waals surface area (Å²) >= 11 is 13.3. The van der Waals surface area contributed by atoms with Gasteiger partial charge in [-0.3, -0.25) is 4.79 Å². The van der Waals surface area contributed by atoms with E-state index in [0.717, 1.165) is 42.2 Å². The number of halogens is 2. The van der Waals surface area contributed by atoms with Crippen LogP contribution in [-0.4, -0.2) is 24.0 Å². The van der Waals surface area contributed by atoms with Crippen LogP contribution in [0, 0.1) is 12.8 Å². The Hall–Kier alpha value is -1.30. The van der Waals surface area contributed by atoms with Crippen molar-refractivity contribution in [3.05, 3.63) is 39.3 Å². The van der Waals surface area contributed by atoms with Crippen molar-refractivity contribution in [2.24, 2.45) is 5.92 Å². The molecular formula is C16H17Cl2N3OS. The minimum atomic E-state index is 0.00912. The van der Waals surface area contributed by atoms with Crippen molar-refractivity contribution in [3.63, 3.8) is 0 Å². The fourth-order valence-electron chi connectivity index (χ4n) is 2.70. The summed E-state index contributed by atoms with van der Waals surface area (Å²) in [6.07, 6.45) is 3.18. The summed E-state index contributed by atoms with van der Waals surface area (Å²) in [5.41, 5.74) is 2.19. The van der Waals surface area contributed by atoms with Gasteiger partial charge in [0.1, 0.15) is 4.34 Å². The van der Waals surface area contributed by atoms with Crippen molar-refractivity contribution >= 4 is 51.3 Å². The van der Waals surface area contributed by atoms with E-state index in [2.05, 4.69) is 21.3 Å². The lowest BCUT2D eigenvalue weighted by atomic mass is 9.95. The number of aryl methyl sites for hydroxylation is 1. The maximum atomic E-state index is 12.3. The zero-order valence-corrected chi connectivity index (χ0v) is 15.0. The molecule has 0 unspecified atom stereocenters. The van der Waals surface area contributed by atoms with Crippen LogP contribution in [0.4, 0.5) is 10.8 Å². The fourth-order valence-corrected chi connectivity index (χ4v) is 3.69. The number of aromatic nitrogens is 1. The molecule has 2 heterocycles. The number of anilines is 2. The molecule has 0 bridgehead atoms. The fraction of sp³-hybridized carbons (Fsp3) is 0.375. The molecule has 4 nitrogen and oxygen atoms in total. The van der Waals surface area contributed by atoms with Gasteiger partial charge >= 0.3 is 0 Å². The first kappa shape index (κ1) is 16.6. The Kier molecular flexibility index (Phi) is 5.09. The highest BCUT2D eigenvalue weighted by Crippen LogP contribution is 2.28. The number of nitrogens with one attached hydrogen (secondary N) is 1. The normalized spacial score (nSPS) is 15.7. The number of carbonyl (C=O) groups excluding carboxylic acids is 1. The standard InChI is InChI=1S/C16H17Cl2N3OS/c1-10-2-3-12(8-13(10)17)21-6-4-11(5-7-21)15(22)20-16-19-9-14(18)23-16/h2-3,8-9,11H,4-7H2,1H3,(H,19,20,22). The van der Waals surface area contributed by atoms with Crippen molar-refractivity contribution in [1.29, 1.82) is 0 Å². The molecule has 3 rings (SSSR count). The first-order chi connectivity index (χ1) is 11.0. The molecule has 0 spiro atoms. The molecule has 1 aliphatic rings. The highest BCUT2D eigenvalue weighted by atomic mass is 35.5. The number of benzene rings is 1. The molecular weight excluding hydrogens is 353 g/mol. The largest absolute Gasteiger partial charge is 0.371 e. The van der Waals surface area contributed by atoms with Gasteiger partial charge in [-0.05, 0) is 37.5 Å². The number of piperidine rings is 1. The van der Waals surface area contributed by atoms with E-state index >= 15 is 0 Å². The summed E-state index contributed by atoms with van der Waals surface area (Å²) < 4.78 is 0.575. The van der Waals surface area contributed by atoms with Gasteiger partial charge in [-0.1, -0.05) is 40.6 Å². The highest BCUT2D eigenvalue weighted by molar-refractivity contribution is 7.19. The SMILES string of the molecule is Cc1ccc(N2CCC(C(=O)Nc3ncc(Cl)s3)CC2)cc1Cl. The molecule has 122 valence electrons. The van der Waals surface area contributed by atoms with Crippen LogP contribution in [-0.2, 0) is 4.79 Å². The van der Waals surface area contributed by atoms with Crippen molar-refractivity contribution in [2.75, 3.05) is 23.3 Å². The molecule has 0 saturated carbocycles. The summed E-state index contributed by atoms with van der Waals surface area (Å²) in [5, 5.41) is 4.19. The van der Waals surface area contributed by atoms with Gasteiger partial charge in [0.2, 0.25) is 5.91 Å². The Morgan fingerprint density at radius 2 is 2.09 bits per heavy atom. The predicted octanol–water partition coefficient (Wildman–Crippen LogP) is 4.61. The zero-order chi connectivity index (χ0) is 16.4. The van der Waals surface area contributed by atoms with Crippen molar-refractivity contribution in [3.8, 4) is 0 Å². The van der Waals surface area contributed by atoms with E-state index in [1.165, 1.54) is 11.3 Å². The van der Waals surface area contributed by atoms with Crippen LogP contribution < -0.4 is 10.2 Å². The molecule has 1 aromatic heterocycles. The Bertz CT molecular complexity index is 711. The second kappa shape index (κ2) is 7.07. The van der Waals surface area contributed by atoms with E-state index in [9.17, 15) is 4.79 Å². The molecule has 1 amide bonds. The lowest BCUT2D eigenvalue weighted by molar-refractivity contribution is -0.120. The van der Waals surface area contributed by atoms with Gasteiger partial charge in [0.15, 0.2) is 5.13 Å². The summed E-state index contributed by atoms with van der Waals surface area (Å²) in [6.45, 7) is 3.68. The van der Waals surface area contributed by atoms with Crippen LogP contribution in [0.15, 0.2) is 24.4 Å². The van der Waals surface area contributed by atoms with Gasteiger partial charge in [-0.25, -0.2) is 4.98 Å². The topological polar surface area (TPSA) is 45.2 Å². The smallest absolute Gasteiger partial charge is 0.229 e. The van der Waals surface area contributed by atoms with Crippen LogP contribution in [0.25, 0.3) is 0 Å². The molecule has 2 aromatic rings. The molecule has 1 aromatic carbocycles. The maximum Gasteiger partial charge on any atom is 0.229 e. The van der Waals surface area contributed by atoms with E-state index in [4.69, 9.17) is 23.2 Å². The molecule has 7 heteroatoms. The zero-order valence-electron chi connectivity index (χ0n) is 12.7. The number of carbonyl (C=O) groups is 1. The average Bonchev–Trinajstić information content (AvgIpc) is 2.95. The molecule has 0 atom stereocenters. The molecule has 0 aliphatic carbocycles. The lowest BCUT2D eigenvalue weighted by Crippen LogP contribution is -2.38. The van der Waals surface area contributed by atoms with Crippen LogP contribution in [0.1, 0.15) is 18.4 Å². The first-order valence-electron chi connectivity index (χ1n) is 7.46. The second-order valence-corrected chi connectivity index (χ2v) is 7.72. The summed E-state index contributed by atoms with van der Waals surface area (Å²) in [7, 11) is 0. The van der Waals surface area contributed by atoms with Crippen molar-refractivity contribution < 1.29 is 4.79 Å². The van der Waals surface area contributed by atoms with Gasteiger partial charge in [0.25, 0.3) is 0 Å². The number of hydrogen-bond acceptors (Lipinski definition) is 4. The molecule has 1 aliphatic heterocycles. The van der Waals surface area contributed by atoms with Crippen LogP contribution >= 0.6 is 34.5 Å². The van der Waals surface area contributed by atoms with E-state index in [0.29, 0.717) is 9.47 Å². The van der Waals surface area contributed by atoms with Gasteiger partial charge in [0.05, 0.1) is 6.20 Å². The third-order valence-electron chi connectivity index (χ3n) is 4.09. The number of rotatable bonds is 3. The average molecular weight is 370 g/mol. The monoisotopic (exact) mass is 369 g/mol. The number of nitrogens with zero attached hydrogens (tertiary/aromatic N) is 2. The van der Waals surface area contributed by atoms with Crippen LogP contribution in [0.3, 0.4) is 0 Å². The lowest BCUT2D eigenvalue weighted by Gasteiger charge is -2.33. The molecule has 1 N–H and O–H groups in total. The van der Waals surface area contributed by atoms with E-state index in [1.807, 2.05) is 19.1 Å². The van der Waals surface area contributed by atoms with E-state index in [-0.39, 0.29) is 11.8 Å². The summed E-state index contributed by atoms with van der Waals surface area (Å²) in [4.78, 5) is 18.6. The van der Waals surface area contributed by atoms with Gasteiger partial charge < -0.3 is 10.2 Å². The predicted molar refractivity (Wildman–Crippen MR) is 96.9 cm³/mol. The summed E-state index contributed by atoms with van der Waals surface area (Å²) in [6, 6.07) is 6.11. The molecule has 0 radical (unpaired) electrons. The Balaban J connectivity index is 1.57. The minimum Gasteiger partial charge on any atom is -0.371 e. The van der Waals surface area contributed by atoms with E-state index < -0.39 is 0 Å².